The first-order valence-electron chi connectivity index (χ1n) is 6.00. The fraction of sp³-hybridized carbons (Fsp3) is 0.188. The molecule has 0 saturated heterocycles. The van der Waals surface area contributed by atoms with E-state index in [0.29, 0.717) is 5.92 Å². The maximum absolute atomic E-state index is 4.19. The van der Waals surface area contributed by atoms with Gasteiger partial charge in [-0.2, -0.15) is 0 Å². The van der Waals surface area contributed by atoms with Crippen LogP contribution in [0.2, 0.25) is 0 Å². The zero-order valence-corrected chi connectivity index (χ0v) is 9.97. The molecule has 0 aromatic heterocycles. The number of hydrogen-bond donors (Lipinski definition) is 1. The third kappa shape index (κ3) is 3.95. The SMILES string of the molecule is [CH2]C(CNc1ccccc1)Cc1ccccc1. The van der Waals surface area contributed by atoms with Crippen molar-refractivity contribution in [1.29, 1.82) is 0 Å². The molecule has 0 spiro atoms. The van der Waals surface area contributed by atoms with Crippen molar-refractivity contribution in [3.05, 3.63) is 73.2 Å². The molecule has 0 heterocycles. The Balaban J connectivity index is 1.80. The van der Waals surface area contributed by atoms with E-state index in [0.717, 1.165) is 18.7 Å². The molecular formula is C16H18N. The van der Waals surface area contributed by atoms with Crippen LogP contribution in [0.5, 0.6) is 0 Å². The first-order valence-corrected chi connectivity index (χ1v) is 6.00. The van der Waals surface area contributed by atoms with Crippen molar-refractivity contribution in [2.45, 2.75) is 6.42 Å². The second-order valence-corrected chi connectivity index (χ2v) is 4.30. The lowest BCUT2D eigenvalue weighted by Gasteiger charge is -2.13. The predicted octanol–water partition coefficient (Wildman–Crippen LogP) is 3.79. The summed E-state index contributed by atoms with van der Waals surface area (Å²) in [4.78, 5) is 0. The largest absolute Gasteiger partial charge is 0.385 e. The van der Waals surface area contributed by atoms with Gasteiger partial charge in [0.2, 0.25) is 0 Å². The molecular weight excluding hydrogens is 206 g/mol. The summed E-state index contributed by atoms with van der Waals surface area (Å²) in [6.45, 7) is 5.09. The van der Waals surface area contributed by atoms with Crippen molar-refractivity contribution >= 4 is 5.69 Å². The van der Waals surface area contributed by atoms with E-state index >= 15 is 0 Å². The highest BCUT2D eigenvalue weighted by Crippen LogP contribution is 2.10. The average Bonchev–Trinajstić information content (AvgIpc) is 2.39. The molecule has 1 atom stereocenters. The van der Waals surface area contributed by atoms with Crippen molar-refractivity contribution in [3.63, 3.8) is 0 Å². The summed E-state index contributed by atoms with van der Waals surface area (Å²) in [6.07, 6.45) is 1.01. The lowest BCUT2D eigenvalue weighted by molar-refractivity contribution is 0.678. The van der Waals surface area contributed by atoms with Crippen molar-refractivity contribution < 1.29 is 0 Å². The fourth-order valence-electron chi connectivity index (χ4n) is 1.84. The minimum Gasteiger partial charge on any atom is -0.385 e. The van der Waals surface area contributed by atoms with Gasteiger partial charge in [0, 0.05) is 12.2 Å². The molecule has 87 valence electrons. The molecule has 1 radical (unpaired) electrons. The van der Waals surface area contributed by atoms with E-state index < -0.39 is 0 Å². The van der Waals surface area contributed by atoms with E-state index in [1.807, 2.05) is 24.3 Å². The molecule has 0 aliphatic heterocycles. The number of benzene rings is 2. The van der Waals surface area contributed by atoms with E-state index in [2.05, 4.69) is 48.6 Å². The Morgan fingerprint density at radius 2 is 1.47 bits per heavy atom. The van der Waals surface area contributed by atoms with Gasteiger partial charge in [-0.05, 0) is 37.0 Å². The summed E-state index contributed by atoms with van der Waals surface area (Å²) < 4.78 is 0. The van der Waals surface area contributed by atoms with Crippen LogP contribution >= 0.6 is 0 Å². The van der Waals surface area contributed by atoms with Gasteiger partial charge in [-0.3, -0.25) is 0 Å². The lowest BCUT2D eigenvalue weighted by Crippen LogP contribution is -2.13. The van der Waals surface area contributed by atoms with Gasteiger partial charge in [0.1, 0.15) is 0 Å². The molecule has 1 heteroatoms. The topological polar surface area (TPSA) is 12.0 Å². The van der Waals surface area contributed by atoms with Crippen molar-refractivity contribution in [2.24, 2.45) is 5.92 Å². The summed E-state index contributed by atoms with van der Waals surface area (Å²) in [5.41, 5.74) is 2.51. The van der Waals surface area contributed by atoms with Crippen LogP contribution in [0.3, 0.4) is 0 Å². The number of hydrogen-bond acceptors (Lipinski definition) is 1. The Morgan fingerprint density at radius 1 is 0.882 bits per heavy atom. The van der Waals surface area contributed by atoms with Gasteiger partial charge in [-0.25, -0.2) is 0 Å². The van der Waals surface area contributed by atoms with Crippen molar-refractivity contribution in [1.82, 2.24) is 0 Å². The van der Waals surface area contributed by atoms with Crippen LogP contribution in [-0.4, -0.2) is 6.54 Å². The molecule has 2 aromatic rings. The van der Waals surface area contributed by atoms with E-state index in [1.165, 1.54) is 5.56 Å². The Morgan fingerprint density at radius 3 is 2.12 bits per heavy atom. The van der Waals surface area contributed by atoms with E-state index in [1.54, 1.807) is 0 Å². The summed E-state index contributed by atoms with van der Waals surface area (Å²) in [6, 6.07) is 20.8. The highest BCUT2D eigenvalue weighted by Gasteiger charge is 2.03. The third-order valence-electron chi connectivity index (χ3n) is 2.74. The number of rotatable bonds is 5. The van der Waals surface area contributed by atoms with Crippen molar-refractivity contribution in [3.8, 4) is 0 Å². The molecule has 0 saturated carbocycles. The van der Waals surface area contributed by atoms with E-state index in [-0.39, 0.29) is 0 Å². The third-order valence-corrected chi connectivity index (χ3v) is 2.74. The summed E-state index contributed by atoms with van der Waals surface area (Å²) in [5, 5.41) is 3.40. The molecule has 0 fully saturated rings. The Kier molecular flexibility index (Phi) is 4.20. The van der Waals surface area contributed by atoms with Crippen molar-refractivity contribution in [2.75, 3.05) is 11.9 Å². The number of para-hydroxylation sites is 1. The zero-order valence-electron chi connectivity index (χ0n) is 9.97. The normalized spacial score (nSPS) is 12.1. The molecule has 2 aromatic carbocycles. The lowest BCUT2D eigenvalue weighted by atomic mass is 10.0. The number of anilines is 1. The van der Waals surface area contributed by atoms with Crippen LogP contribution in [0, 0.1) is 12.8 Å². The fourth-order valence-corrected chi connectivity index (χ4v) is 1.84. The first-order chi connectivity index (χ1) is 8.34. The monoisotopic (exact) mass is 224 g/mol. The Hall–Kier alpha value is -1.76. The summed E-state index contributed by atoms with van der Waals surface area (Å²) in [7, 11) is 0. The van der Waals surface area contributed by atoms with Gasteiger partial charge in [-0.1, -0.05) is 48.5 Å². The Labute approximate surface area is 103 Å². The molecule has 0 amide bonds. The minimum atomic E-state index is 0.387. The predicted molar refractivity (Wildman–Crippen MR) is 73.9 cm³/mol. The van der Waals surface area contributed by atoms with Crippen LogP contribution in [0.25, 0.3) is 0 Å². The van der Waals surface area contributed by atoms with E-state index in [9.17, 15) is 0 Å². The maximum atomic E-state index is 4.19. The standard InChI is InChI=1S/C16H18N/c1-14(12-15-8-4-2-5-9-15)13-17-16-10-6-3-7-11-16/h2-11,14,17H,1,12-13H2. The van der Waals surface area contributed by atoms with Crippen LogP contribution in [0.15, 0.2) is 60.7 Å². The second kappa shape index (κ2) is 6.09. The van der Waals surface area contributed by atoms with Gasteiger partial charge in [0.05, 0.1) is 0 Å². The average molecular weight is 224 g/mol. The maximum Gasteiger partial charge on any atom is 0.0340 e. The molecule has 17 heavy (non-hydrogen) atoms. The molecule has 0 bridgehead atoms. The zero-order chi connectivity index (χ0) is 11.9. The van der Waals surface area contributed by atoms with Crippen LogP contribution in [0.1, 0.15) is 5.56 Å². The Bertz CT molecular complexity index is 422. The smallest absolute Gasteiger partial charge is 0.0340 e. The van der Waals surface area contributed by atoms with Gasteiger partial charge in [-0.15, -0.1) is 0 Å². The minimum absolute atomic E-state index is 0.387. The summed E-state index contributed by atoms with van der Waals surface area (Å²) in [5.74, 6) is 0.387. The number of nitrogens with one attached hydrogen (secondary N) is 1. The molecule has 0 aliphatic rings. The highest BCUT2D eigenvalue weighted by atomic mass is 14.9. The molecule has 0 aliphatic carbocycles. The van der Waals surface area contributed by atoms with Gasteiger partial charge < -0.3 is 5.32 Å². The second-order valence-electron chi connectivity index (χ2n) is 4.30. The van der Waals surface area contributed by atoms with Gasteiger partial charge >= 0.3 is 0 Å². The van der Waals surface area contributed by atoms with Gasteiger partial charge in [0.15, 0.2) is 0 Å². The molecule has 2 rings (SSSR count). The molecule has 1 N–H and O–H groups in total. The van der Waals surface area contributed by atoms with Gasteiger partial charge in [0.25, 0.3) is 0 Å². The van der Waals surface area contributed by atoms with Crippen LogP contribution < -0.4 is 5.32 Å². The van der Waals surface area contributed by atoms with Crippen LogP contribution in [0.4, 0.5) is 5.69 Å². The summed E-state index contributed by atoms with van der Waals surface area (Å²) >= 11 is 0. The van der Waals surface area contributed by atoms with E-state index in [4.69, 9.17) is 0 Å². The quantitative estimate of drug-likeness (QED) is 0.814. The van der Waals surface area contributed by atoms with Crippen LogP contribution in [-0.2, 0) is 6.42 Å². The highest BCUT2D eigenvalue weighted by molar-refractivity contribution is 5.42. The molecule has 1 nitrogen and oxygen atoms in total. The first kappa shape index (κ1) is 11.7. The molecule has 1 unspecified atom stereocenters.